The first kappa shape index (κ1) is 12.2. The van der Waals surface area contributed by atoms with Crippen LogP contribution < -0.4 is 5.73 Å². The average Bonchev–Trinajstić information content (AvgIpc) is 2.82. The van der Waals surface area contributed by atoms with Crippen molar-refractivity contribution in [2.45, 2.75) is 18.9 Å². The molecule has 2 rings (SSSR count). The van der Waals surface area contributed by atoms with Crippen LogP contribution in [-0.4, -0.2) is 0 Å². The SMILES string of the molecule is NC(CCc1ccsc1)c1cc(F)ccc1F. The first-order chi connectivity index (χ1) is 8.16. The average molecular weight is 253 g/mol. The first-order valence-corrected chi connectivity index (χ1v) is 6.32. The summed E-state index contributed by atoms with van der Waals surface area (Å²) in [4.78, 5) is 0. The van der Waals surface area contributed by atoms with Crippen molar-refractivity contribution in [2.24, 2.45) is 5.73 Å². The van der Waals surface area contributed by atoms with Crippen LogP contribution in [0, 0.1) is 11.6 Å². The standard InChI is InChI=1S/C13H13F2NS/c14-10-2-3-12(15)11(7-10)13(16)4-1-9-5-6-17-8-9/h2-3,5-8,13H,1,4,16H2. The Hall–Kier alpha value is -1.26. The Morgan fingerprint density at radius 2 is 2.06 bits per heavy atom. The minimum atomic E-state index is -0.467. The lowest BCUT2D eigenvalue weighted by Gasteiger charge is -2.12. The molecule has 0 aliphatic rings. The molecule has 2 aromatic rings. The molecule has 0 saturated heterocycles. The van der Waals surface area contributed by atoms with Gasteiger partial charge in [-0.3, -0.25) is 0 Å². The van der Waals surface area contributed by atoms with Gasteiger partial charge >= 0.3 is 0 Å². The molecule has 1 unspecified atom stereocenters. The largest absolute Gasteiger partial charge is 0.324 e. The van der Waals surface area contributed by atoms with E-state index in [0.717, 1.165) is 18.6 Å². The van der Waals surface area contributed by atoms with Crippen molar-refractivity contribution < 1.29 is 8.78 Å². The summed E-state index contributed by atoms with van der Waals surface area (Å²) < 4.78 is 26.4. The van der Waals surface area contributed by atoms with E-state index in [1.54, 1.807) is 11.3 Å². The molecule has 0 aliphatic heterocycles. The van der Waals surface area contributed by atoms with Crippen molar-refractivity contribution in [1.29, 1.82) is 0 Å². The van der Waals surface area contributed by atoms with Gasteiger partial charge < -0.3 is 5.73 Å². The summed E-state index contributed by atoms with van der Waals surface area (Å²) in [6, 6.07) is 4.94. The fraction of sp³-hybridized carbons (Fsp3) is 0.231. The Bertz CT molecular complexity index is 482. The lowest BCUT2D eigenvalue weighted by molar-refractivity contribution is 0.548. The number of hydrogen-bond acceptors (Lipinski definition) is 2. The van der Waals surface area contributed by atoms with Gasteiger partial charge in [0.05, 0.1) is 0 Å². The van der Waals surface area contributed by atoms with Crippen LogP contribution in [0.2, 0.25) is 0 Å². The zero-order chi connectivity index (χ0) is 12.3. The molecule has 1 atom stereocenters. The van der Waals surface area contributed by atoms with Gasteiger partial charge in [0.1, 0.15) is 11.6 Å². The van der Waals surface area contributed by atoms with Crippen LogP contribution in [0.4, 0.5) is 8.78 Å². The molecule has 1 heterocycles. The highest BCUT2D eigenvalue weighted by Gasteiger charge is 2.12. The van der Waals surface area contributed by atoms with Gasteiger partial charge in [0, 0.05) is 11.6 Å². The minimum absolute atomic E-state index is 0.250. The lowest BCUT2D eigenvalue weighted by Crippen LogP contribution is -2.13. The predicted octanol–water partition coefficient (Wildman–Crippen LogP) is 3.66. The van der Waals surface area contributed by atoms with Crippen LogP contribution in [-0.2, 0) is 6.42 Å². The Labute approximate surface area is 103 Å². The normalized spacial score (nSPS) is 12.6. The van der Waals surface area contributed by atoms with Crippen LogP contribution in [0.1, 0.15) is 23.6 Å². The van der Waals surface area contributed by atoms with E-state index in [4.69, 9.17) is 5.73 Å². The number of rotatable bonds is 4. The summed E-state index contributed by atoms with van der Waals surface area (Å²) in [6.45, 7) is 0. The van der Waals surface area contributed by atoms with Gasteiger partial charge in [0.15, 0.2) is 0 Å². The molecule has 1 aromatic carbocycles. The number of nitrogens with two attached hydrogens (primary N) is 1. The van der Waals surface area contributed by atoms with E-state index in [1.807, 2.05) is 16.8 Å². The zero-order valence-corrected chi connectivity index (χ0v) is 10.0. The van der Waals surface area contributed by atoms with Gasteiger partial charge in [-0.25, -0.2) is 8.78 Å². The van der Waals surface area contributed by atoms with Gasteiger partial charge in [-0.1, -0.05) is 0 Å². The summed E-state index contributed by atoms with van der Waals surface area (Å²) in [5, 5.41) is 4.03. The van der Waals surface area contributed by atoms with Crippen LogP contribution in [0.3, 0.4) is 0 Å². The topological polar surface area (TPSA) is 26.0 Å². The summed E-state index contributed by atoms with van der Waals surface area (Å²) >= 11 is 1.62. The molecule has 0 saturated carbocycles. The first-order valence-electron chi connectivity index (χ1n) is 5.38. The van der Waals surface area contributed by atoms with Crippen molar-refractivity contribution in [3.05, 3.63) is 57.8 Å². The molecular weight excluding hydrogens is 240 g/mol. The monoisotopic (exact) mass is 253 g/mol. The van der Waals surface area contributed by atoms with Crippen LogP contribution >= 0.6 is 11.3 Å². The fourth-order valence-electron chi connectivity index (χ4n) is 1.71. The summed E-state index contributed by atoms with van der Waals surface area (Å²) in [5.74, 6) is -0.892. The lowest BCUT2D eigenvalue weighted by atomic mass is 10.0. The highest BCUT2D eigenvalue weighted by atomic mass is 32.1. The summed E-state index contributed by atoms with van der Waals surface area (Å²) in [5.41, 5.74) is 7.31. The van der Waals surface area contributed by atoms with Crippen LogP contribution in [0.5, 0.6) is 0 Å². The van der Waals surface area contributed by atoms with E-state index >= 15 is 0 Å². The van der Waals surface area contributed by atoms with E-state index in [2.05, 4.69) is 0 Å². The number of aryl methyl sites for hydroxylation is 1. The molecule has 90 valence electrons. The maximum absolute atomic E-state index is 13.4. The predicted molar refractivity (Wildman–Crippen MR) is 65.9 cm³/mol. The molecule has 1 nitrogen and oxygen atoms in total. The number of halogens is 2. The fourth-order valence-corrected chi connectivity index (χ4v) is 2.41. The maximum Gasteiger partial charge on any atom is 0.128 e. The Balaban J connectivity index is 2.04. The minimum Gasteiger partial charge on any atom is -0.324 e. The number of hydrogen-bond donors (Lipinski definition) is 1. The van der Waals surface area contributed by atoms with Crippen LogP contribution in [0.15, 0.2) is 35.0 Å². The molecule has 0 fully saturated rings. The Kier molecular flexibility index (Phi) is 3.86. The molecular formula is C13H13F2NS. The third kappa shape index (κ3) is 3.11. The number of benzene rings is 1. The Morgan fingerprint density at radius 1 is 1.24 bits per heavy atom. The third-order valence-electron chi connectivity index (χ3n) is 2.68. The van der Waals surface area contributed by atoms with Crippen LogP contribution in [0.25, 0.3) is 0 Å². The van der Waals surface area contributed by atoms with Crippen molar-refractivity contribution in [3.63, 3.8) is 0 Å². The second kappa shape index (κ2) is 5.38. The van der Waals surface area contributed by atoms with Crippen molar-refractivity contribution in [3.8, 4) is 0 Å². The highest BCUT2D eigenvalue weighted by molar-refractivity contribution is 7.07. The second-order valence-electron chi connectivity index (χ2n) is 3.94. The smallest absolute Gasteiger partial charge is 0.128 e. The molecule has 1 aromatic heterocycles. The molecule has 0 spiro atoms. The summed E-state index contributed by atoms with van der Waals surface area (Å²) in [6.07, 6.45) is 1.39. The quantitative estimate of drug-likeness (QED) is 0.884. The van der Waals surface area contributed by atoms with E-state index in [9.17, 15) is 8.78 Å². The third-order valence-corrected chi connectivity index (χ3v) is 3.41. The van der Waals surface area contributed by atoms with Crippen molar-refractivity contribution in [1.82, 2.24) is 0 Å². The van der Waals surface area contributed by atoms with E-state index in [-0.39, 0.29) is 5.56 Å². The molecule has 0 radical (unpaired) electrons. The Morgan fingerprint density at radius 3 is 2.76 bits per heavy atom. The molecule has 0 bridgehead atoms. The summed E-state index contributed by atoms with van der Waals surface area (Å²) in [7, 11) is 0. The molecule has 0 aliphatic carbocycles. The van der Waals surface area contributed by atoms with Gasteiger partial charge in [-0.15, -0.1) is 0 Å². The van der Waals surface area contributed by atoms with Crippen molar-refractivity contribution >= 4 is 11.3 Å². The van der Waals surface area contributed by atoms with E-state index < -0.39 is 17.7 Å². The molecule has 0 amide bonds. The van der Waals surface area contributed by atoms with Gasteiger partial charge in [0.2, 0.25) is 0 Å². The van der Waals surface area contributed by atoms with Gasteiger partial charge in [-0.05, 0) is 53.4 Å². The highest BCUT2D eigenvalue weighted by Crippen LogP contribution is 2.21. The van der Waals surface area contributed by atoms with Gasteiger partial charge in [-0.2, -0.15) is 11.3 Å². The van der Waals surface area contributed by atoms with E-state index in [0.29, 0.717) is 6.42 Å². The van der Waals surface area contributed by atoms with Gasteiger partial charge in [0.25, 0.3) is 0 Å². The second-order valence-corrected chi connectivity index (χ2v) is 4.72. The molecule has 17 heavy (non-hydrogen) atoms. The molecule has 4 heteroatoms. The number of thiophene rings is 1. The van der Waals surface area contributed by atoms with E-state index in [1.165, 1.54) is 11.6 Å². The maximum atomic E-state index is 13.4. The zero-order valence-electron chi connectivity index (χ0n) is 9.20. The molecule has 2 N–H and O–H groups in total. The van der Waals surface area contributed by atoms with Crippen molar-refractivity contribution in [2.75, 3.05) is 0 Å².